The van der Waals surface area contributed by atoms with Gasteiger partial charge in [-0.25, -0.2) is 0 Å². The van der Waals surface area contributed by atoms with Crippen molar-refractivity contribution in [2.75, 3.05) is 16.0 Å². The Morgan fingerprint density at radius 2 is 1.70 bits per heavy atom. The SMILES string of the molecule is Cc1ccc(N2C(=O)CSC2c2ccccc2NC(=O)c2ccc(C(C)(C)C)cc2)c(C)c1. The first-order valence-electron chi connectivity index (χ1n) is 11.2. The highest BCUT2D eigenvalue weighted by Crippen LogP contribution is 2.45. The normalized spacial score (nSPS) is 16.2. The molecule has 3 aromatic rings. The number of nitrogens with one attached hydrogen (secondary N) is 1. The molecule has 5 heteroatoms. The number of benzene rings is 3. The Labute approximate surface area is 200 Å². The molecule has 1 unspecified atom stereocenters. The molecule has 0 aromatic heterocycles. The summed E-state index contributed by atoms with van der Waals surface area (Å²) in [6.07, 6.45) is 0. The van der Waals surface area contributed by atoms with E-state index in [1.54, 1.807) is 11.8 Å². The van der Waals surface area contributed by atoms with Crippen LogP contribution in [0.3, 0.4) is 0 Å². The van der Waals surface area contributed by atoms with Gasteiger partial charge in [0.2, 0.25) is 5.91 Å². The molecule has 170 valence electrons. The number of anilines is 2. The van der Waals surface area contributed by atoms with Crippen LogP contribution in [0.15, 0.2) is 66.7 Å². The summed E-state index contributed by atoms with van der Waals surface area (Å²) < 4.78 is 0. The van der Waals surface area contributed by atoms with E-state index >= 15 is 0 Å². The molecule has 1 atom stereocenters. The lowest BCUT2D eigenvalue weighted by Gasteiger charge is -2.27. The van der Waals surface area contributed by atoms with Crippen LogP contribution in [0.4, 0.5) is 11.4 Å². The second-order valence-electron chi connectivity index (χ2n) is 9.59. The van der Waals surface area contributed by atoms with E-state index in [9.17, 15) is 9.59 Å². The van der Waals surface area contributed by atoms with Gasteiger partial charge in [-0.15, -0.1) is 11.8 Å². The van der Waals surface area contributed by atoms with Crippen molar-refractivity contribution in [2.24, 2.45) is 0 Å². The number of nitrogens with zero attached hydrogens (tertiary/aromatic N) is 1. The van der Waals surface area contributed by atoms with Crippen molar-refractivity contribution in [3.05, 3.63) is 94.5 Å². The smallest absolute Gasteiger partial charge is 0.255 e. The number of carbonyl (C=O) groups excluding carboxylic acids is 2. The van der Waals surface area contributed by atoms with Crippen LogP contribution in [0, 0.1) is 13.8 Å². The highest BCUT2D eigenvalue weighted by Gasteiger charge is 2.36. The molecular formula is C28H30N2O2S. The first kappa shape index (κ1) is 23.1. The van der Waals surface area contributed by atoms with E-state index in [0.29, 0.717) is 11.3 Å². The van der Waals surface area contributed by atoms with Crippen molar-refractivity contribution < 1.29 is 9.59 Å². The summed E-state index contributed by atoms with van der Waals surface area (Å²) in [5, 5.41) is 2.89. The Bertz CT molecular complexity index is 1200. The van der Waals surface area contributed by atoms with Gasteiger partial charge in [0.1, 0.15) is 5.37 Å². The minimum Gasteiger partial charge on any atom is -0.322 e. The van der Waals surface area contributed by atoms with E-state index in [0.717, 1.165) is 28.1 Å². The van der Waals surface area contributed by atoms with Gasteiger partial charge in [0.25, 0.3) is 5.91 Å². The third-order valence-corrected chi connectivity index (χ3v) is 7.16. The molecule has 1 saturated heterocycles. The molecule has 0 bridgehead atoms. The van der Waals surface area contributed by atoms with E-state index in [2.05, 4.69) is 32.2 Å². The summed E-state index contributed by atoms with van der Waals surface area (Å²) in [5.41, 5.74) is 6.62. The van der Waals surface area contributed by atoms with Crippen LogP contribution in [0.2, 0.25) is 0 Å². The number of thioether (sulfide) groups is 1. The van der Waals surface area contributed by atoms with Crippen LogP contribution in [-0.2, 0) is 10.2 Å². The largest absolute Gasteiger partial charge is 0.322 e. The van der Waals surface area contributed by atoms with Crippen molar-refractivity contribution in [3.8, 4) is 0 Å². The number of amides is 2. The fourth-order valence-corrected chi connectivity index (χ4v) is 5.34. The standard InChI is InChI=1S/C28H30N2O2S/c1-18-10-15-24(19(2)16-18)30-25(31)17-33-27(30)22-8-6-7-9-23(22)29-26(32)20-11-13-21(14-12-20)28(3,4)5/h6-16,27H,17H2,1-5H3,(H,29,32). The van der Waals surface area contributed by atoms with Crippen LogP contribution in [0.5, 0.6) is 0 Å². The Kier molecular flexibility index (Phi) is 6.35. The Hall–Kier alpha value is -3.05. The van der Waals surface area contributed by atoms with E-state index in [-0.39, 0.29) is 22.6 Å². The van der Waals surface area contributed by atoms with Gasteiger partial charge < -0.3 is 5.32 Å². The predicted octanol–water partition coefficient (Wildman–Crippen LogP) is 6.63. The van der Waals surface area contributed by atoms with Gasteiger partial charge in [-0.05, 0) is 54.7 Å². The number of hydrogen-bond acceptors (Lipinski definition) is 3. The maximum Gasteiger partial charge on any atom is 0.255 e. The summed E-state index contributed by atoms with van der Waals surface area (Å²) in [6, 6.07) is 21.6. The summed E-state index contributed by atoms with van der Waals surface area (Å²) in [7, 11) is 0. The predicted molar refractivity (Wildman–Crippen MR) is 138 cm³/mol. The summed E-state index contributed by atoms with van der Waals surface area (Å²) >= 11 is 1.59. The van der Waals surface area contributed by atoms with Gasteiger partial charge >= 0.3 is 0 Å². The third-order valence-electron chi connectivity index (χ3n) is 5.97. The number of para-hydroxylation sites is 1. The van der Waals surface area contributed by atoms with E-state index < -0.39 is 0 Å². The lowest BCUT2D eigenvalue weighted by molar-refractivity contribution is -0.115. The highest BCUT2D eigenvalue weighted by molar-refractivity contribution is 8.00. The van der Waals surface area contributed by atoms with Gasteiger partial charge in [0.15, 0.2) is 0 Å². The zero-order valence-electron chi connectivity index (χ0n) is 19.8. The first-order valence-corrected chi connectivity index (χ1v) is 12.2. The molecule has 3 aromatic carbocycles. The highest BCUT2D eigenvalue weighted by atomic mass is 32.2. The molecular weight excluding hydrogens is 428 g/mol. The first-order chi connectivity index (χ1) is 15.6. The van der Waals surface area contributed by atoms with Crippen molar-refractivity contribution in [1.29, 1.82) is 0 Å². The molecule has 1 heterocycles. The van der Waals surface area contributed by atoms with Crippen LogP contribution >= 0.6 is 11.8 Å². The molecule has 1 aliphatic heterocycles. The fourth-order valence-electron chi connectivity index (χ4n) is 4.13. The summed E-state index contributed by atoms with van der Waals surface area (Å²) in [4.78, 5) is 27.8. The van der Waals surface area contributed by atoms with E-state index in [4.69, 9.17) is 0 Å². The van der Waals surface area contributed by atoms with Crippen molar-refractivity contribution >= 4 is 35.0 Å². The molecule has 0 aliphatic carbocycles. The molecule has 4 nitrogen and oxygen atoms in total. The summed E-state index contributed by atoms with van der Waals surface area (Å²) in [6.45, 7) is 10.5. The number of hydrogen-bond donors (Lipinski definition) is 1. The molecule has 1 fully saturated rings. The van der Waals surface area contributed by atoms with Crippen LogP contribution < -0.4 is 10.2 Å². The van der Waals surface area contributed by atoms with Crippen molar-refractivity contribution in [1.82, 2.24) is 0 Å². The quantitative estimate of drug-likeness (QED) is 0.477. The second kappa shape index (κ2) is 9.06. The number of carbonyl (C=O) groups is 2. The molecule has 2 amide bonds. The maximum atomic E-state index is 13.1. The molecule has 4 rings (SSSR count). The van der Waals surface area contributed by atoms with Crippen molar-refractivity contribution in [3.63, 3.8) is 0 Å². The van der Waals surface area contributed by atoms with Crippen LogP contribution in [-0.4, -0.2) is 17.6 Å². The topological polar surface area (TPSA) is 49.4 Å². The molecule has 0 spiro atoms. The Morgan fingerprint density at radius 3 is 2.36 bits per heavy atom. The zero-order chi connectivity index (χ0) is 23.8. The van der Waals surface area contributed by atoms with Gasteiger partial charge in [-0.2, -0.15) is 0 Å². The van der Waals surface area contributed by atoms with Gasteiger partial charge in [0, 0.05) is 22.5 Å². The second-order valence-corrected chi connectivity index (χ2v) is 10.7. The molecule has 0 saturated carbocycles. The molecule has 1 aliphatic rings. The average molecular weight is 459 g/mol. The van der Waals surface area contributed by atoms with Gasteiger partial charge in [-0.1, -0.05) is 68.8 Å². The minimum absolute atomic E-state index is 0.0331. The zero-order valence-corrected chi connectivity index (χ0v) is 20.6. The van der Waals surface area contributed by atoms with Crippen LogP contribution in [0.25, 0.3) is 0 Å². The van der Waals surface area contributed by atoms with Gasteiger partial charge in [-0.3, -0.25) is 14.5 Å². The average Bonchev–Trinajstić information content (AvgIpc) is 3.14. The molecule has 1 N–H and O–H groups in total. The lowest BCUT2D eigenvalue weighted by Crippen LogP contribution is -2.29. The van der Waals surface area contributed by atoms with E-state index in [1.165, 1.54) is 5.56 Å². The van der Waals surface area contributed by atoms with Crippen LogP contribution in [0.1, 0.15) is 58.8 Å². The Balaban J connectivity index is 1.63. The fraction of sp³-hybridized carbons (Fsp3) is 0.286. The maximum absolute atomic E-state index is 13.1. The molecule has 0 radical (unpaired) electrons. The minimum atomic E-state index is -0.196. The third kappa shape index (κ3) is 4.83. The lowest BCUT2D eigenvalue weighted by atomic mass is 9.86. The van der Waals surface area contributed by atoms with E-state index in [1.807, 2.05) is 79.4 Å². The Morgan fingerprint density at radius 1 is 1.00 bits per heavy atom. The number of rotatable bonds is 4. The van der Waals surface area contributed by atoms with Gasteiger partial charge in [0.05, 0.1) is 5.75 Å². The van der Waals surface area contributed by atoms with Crippen molar-refractivity contribution in [2.45, 2.75) is 45.4 Å². The number of aryl methyl sites for hydroxylation is 2. The summed E-state index contributed by atoms with van der Waals surface area (Å²) in [5.74, 6) is 0.334. The monoisotopic (exact) mass is 458 g/mol. The molecule has 33 heavy (non-hydrogen) atoms.